The summed E-state index contributed by atoms with van der Waals surface area (Å²) in [5.74, 6) is -0.521. The van der Waals surface area contributed by atoms with Gasteiger partial charge in [-0.1, -0.05) is 12.1 Å². The van der Waals surface area contributed by atoms with Crippen molar-refractivity contribution in [2.45, 2.75) is 6.54 Å². The summed E-state index contributed by atoms with van der Waals surface area (Å²) in [5, 5.41) is 17.8. The SMILES string of the molecule is Oc1cc2cccc(F)c2n1OCCNCc1ccsc1. The van der Waals surface area contributed by atoms with Gasteiger partial charge in [0.1, 0.15) is 12.1 Å². The molecule has 0 atom stereocenters. The van der Waals surface area contributed by atoms with E-state index in [4.69, 9.17) is 4.84 Å². The summed E-state index contributed by atoms with van der Waals surface area (Å²) in [7, 11) is 0. The summed E-state index contributed by atoms with van der Waals surface area (Å²) in [6, 6.07) is 8.21. The second-order valence-corrected chi connectivity index (χ2v) is 5.40. The van der Waals surface area contributed by atoms with Crippen LogP contribution < -0.4 is 10.2 Å². The summed E-state index contributed by atoms with van der Waals surface area (Å²) < 4.78 is 14.9. The number of hydrogen-bond donors (Lipinski definition) is 2. The van der Waals surface area contributed by atoms with Gasteiger partial charge in [0.05, 0.1) is 0 Å². The molecule has 3 aromatic rings. The Morgan fingerprint density at radius 2 is 2.24 bits per heavy atom. The lowest BCUT2D eigenvalue weighted by atomic mass is 10.2. The molecule has 0 saturated heterocycles. The zero-order valence-corrected chi connectivity index (χ0v) is 12.1. The van der Waals surface area contributed by atoms with E-state index in [0.717, 1.165) is 11.3 Å². The van der Waals surface area contributed by atoms with Crippen molar-refractivity contribution in [2.24, 2.45) is 0 Å². The minimum absolute atomic E-state index is 0.104. The van der Waals surface area contributed by atoms with E-state index in [2.05, 4.69) is 16.8 Å². The fraction of sp³-hybridized carbons (Fsp3) is 0.200. The highest BCUT2D eigenvalue weighted by Crippen LogP contribution is 2.25. The molecule has 0 amide bonds. The van der Waals surface area contributed by atoms with E-state index in [-0.39, 0.29) is 11.4 Å². The maximum Gasteiger partial charge on any atom is 0.226 e. The number of hydrogen-bond acceptors (Lipinski definition) is 4. The molecule has 0 aliphatic heterocycles. The van der Waals surface area contributed by atoms with Crippen LogP contribution in [0.1, 0.15) is 5.56 Å². The third-order valence-corrected chi connectivity index (χ3v) is 3.85. The minimum atomic E-state index is -0.418. The van der Waals surface area contributed by atoms with Crippen LogP contribution in [-0.4, -0.2) is 23.0 Å². The highest BCUT2D eigenvalue weighted by Gasteiger charge is 2.12. The molecule has 0 aliphatic carbocycles. The van der Waals surface area contributed by atoms with Crippen molar-refractivity contribution in [1.82, 2.24) is 10.0 Å². The third kappa shape index (κ3) is 3.01. The number of para-hydroxylation sites is 1. The minimum Gasteiger partial charge on any atom is -0.492 e. The van der Waals surface area contributed by atoms with Crippen LogP contribution in [0.25, 0.3) is 10.9 Å². The number of thiophene rings is 1. The average Bonchev–Trinajstić information content (AvgIpc) is 3.07. The average molecular weight is 306 g/mol. The predicted molar refractivity (Wildman–Crippen MR) is 81.0 cm³/mol. The van der Waals surface area contributed by atoms with Crippen LogP contribution in [0.4, 0.5) is 4.39 Å². The van der Waals surface area contributed by atoms with Crippen LogP contribution in [0, 0.1) is 5.82 Å². The summed E-state index contributed by atoms with van der Waals surface area (Å²) in [5.41, 5.74) is 1.48. The molecule has 110 valence electrons. The van der Waals surface area contributed by atoms with Crippen molar-refractivity contribution in [3.63, 3.8) is 0 Å². The molecule has 0 aliphatic rings. The van der Waals surface area contributed by atoms with Gasteiger partial charge in [0.15, 0.2) is 5.82 Å². The lowest BCUT2D eigenvalue weighted by Gasteiger charge is -2.10. The molecule has 0 radical (unpaired) electrons. The predicted octanol–water partition coefficient (Wildman–Crippen LogP) is 2.77. The van der Waals surface area contributed by atoms with Crippen molar-refractivity contribution in [1.29, 1.82) is 0 Å². The Morgan fingerprint density at radius 3 is 3.05 bits per heavy atom. The van der Waals surface area contributed by atoms with Crippen molar-refractivity contribution >= 4 is 22.2 Å². The Bertz CT molecular complexity index is 725. The first-order valence-corrected chi connectivity index (χ1v) is 7.54. The van der Waals surface area contributed by atoms with Crippen LogP contribution >= 0.6 is 11.3 Å². The summed E-state index contributed by atoms with van der Waals surface area (Å²) in [6.07, 6.45) is 0. The number of rotatable bonds is 6. The Kier molecular flexibility index (Phi) is 4.08. The lowest BCUT2D eigenvalue weighted by molar-refractivity contribution is 0.102. The molecule has 4 nitrogen and oxygen atoms in total. The maximum atomic E-state index is 13.8. The molecule has 6 heteroatoms. The molecule has 0 bridgehead atoms. The van der Waals surface area contributed by atoms with E-state index in [1.807, 2.05) is 5.38 Å². The van der Waals surface area contributed by atoms with Crippen molar-refractivity contribution in [3.8, 4) is 5.88 Å². The van der Waals surface area contributed by atoms with E-state index in [1.54, 1.807) is 23.5 Å². The molecule has 2 N–H and O–H groups in total. The van der Waals surface area contributed by atoms with Crippen molar-refractivity contribution < 1.29 is 14.3 Å². The molecular formula is C15H15FN2O2S. The van der Waals surface area contributed by atoms with Crippen LogP contribution in [-0.2, 0) is 6.54 Å². The van der Waals surface area contributed by atoms with Gasteiger partial charge in [-0.25, -0.2) is 4.39 Å². The fourth-order valence-corrected chi connectivity index (χ4v) is 2.81. The number of fused-ring (bicyclic) bond motifs is 1. The van der Waals surface area contributed by atoms with E-state index in [0.29, 0.717) is 18.5 Å². The van der Waals surface area contributed by atoms with Gasteiger partial charge in [-0.3, -0.25) is 0 Å². The highest BCUT2D eigenvalue weighted by atomic mass is 32.1. The van der Waals surface area contributed by atoms with E-state index in [9.17, 15) is 9.50 Å². The quantitative estimate of drug-likeness (QED) is 0.688. The number of nitrogens with zero attached hydrogens (tertiary/aromatic N) is 1. The zero-order valence-electron chi connectivity index (χ0n) is 11.3. The first-order chi connectivity index (χ1) is 10.3. The number of aromatic hydroxyl groups is 1. The maximum absolute atomic E-state index is 13.8. The largest absolute Gasteiger partial charge is 0.492 e. The lowest BCUT2D eigenvalue weighted by Crippen LogP contribution is -2.24. The molecule has 21 heavy (non-hydrogen) atoms. The molecule has 1 aromatic carbocycles. The van der Waals surface area contributed by atoms with Crippen molar-refractivity contribution in [2.75, 3.05) is 13.2 Å². The van der Waals surface area contributed by atoms with Crippen molar-refractivity contribution in [3.05, 3.63) is 52.5 Å². The number of aromatic nitrogens is 1. The highest BCUT2D eigenvalue weighted by molar-refractivity contribution is 7.07. The summed E-state index contributed by atoms with van der Waals surface area (Å²) >= 11 is 1.66. The first-order valence-electron chi connectivity index (χ1n) is 6.60. The van der Waals surface area contributed by atoms with Crippen LogP contribution in [0.15, 0.2) is 41.1 Å². The molecule has 0 saturated carbocycles. The standard InChI is InChI=1S/C15H15FN2O2S/c16-13-3-1-2-12-8-14(19)18(15(12)13)20-6-5-17-9-11-4-7-21-10-11/h1-4,7-8,10,17,19H,5-6,9H2. The Hall–Kier alpha value is -2.05. The Morgan fingerprint density at radius 1 is 1.33 bits per heavy atom. The zero-order chi connectivity index (χ0) is 14.7. The number of nitrogens with one attached hydrogen (secondary N) is 1. The first kappa shape index (κ1) is 13.9. The van der Waals surface area contributed by atoms with Crippen LogP contribution in [0.2, 0.25) is 0 Å². The molecule has 3 rings (SSSR count). The third-order valence-electron chi connectivity index (χ3n) is 3.12. The molecule has 2 heterocycles. The summed E-state index contributed by atoms with van der Waals surface area (Å²) in [4.78, 5) is 5.46. The molecule has 0 unspecified atom stereocenters. The Balaban J connectivity index is 1.59. The molecular weight excluding hydrogens is 291 g/mol. The monoisotopic (exact) mass is 306 g/mol. The summed E-state index contributed by atoms with van der Waals surface area (Å²) in [6.45, 7) is 1.69. The van der Waals surface area contributed by atoms with Gasteiger partial charge >= 0.3 is 0 Å². The van der Waals surface area contributed by atoms with Gasteiger partial charge in [-0.05, 0) is 28.5 Å². The van der Waals surface area contributed by atoms with E-state index < -0.39 is 5.82 Å². The van der Waals surface area contributed by atoms with E-state index in [1.165, 1.54) is 17.7 Å². The van der Waals surface area contributed by atoms with Crippen LogP contribution in [0.5, 0.6) is 5.88 Å². The van der Waals surface area contributed by atoms with Gasteiger partial charge in [-0.15, -0.1) is 4.73 Å². The van der Waals surface area contributed by atoms with E-state index >= 15 is 0 Å². The topological polar surface area (TPSA) is 46.4 Å². The second kappa shape index (κ2) is 6.15. The van der Waals surface area contributed by atoms with Gasteiger partial charge in [0.25, 0.3) is 0 Å². The smallest absolute Gasteiger partial charge is 0.226 e. The molecule has 0 fully saturated rings. The van der Waals surface area contributed by atoms with Gasteiger partial charge in [0, 0.05) is 24.5 Å². The number of halogens is 1. The van der Waals surface area contributed by atoms with Gasteiger partial charge in [0.2, 0.25) is 5.88 Å². The fourth-order valence-electron chi connectivity index (χ4n) is 2.14. The van der Waals surface area contributed by atoms with Gasteiger partial charge < -0.3 is 15.3 Å². The normalized spacial score (nSPS) is 11.1. The molecule has 0 spiro atoms. The van der Waals surface area contributed by atoms with Gasteiger partial charge in [-0.2, -0.15) is 11.3 Å². The number of benzene rings is 1. The molecule has 2 aromatic heterocycles. The van der Waals surface area contributed by atoms with Crippen LogP contribution in [0.3, 0.4) is 0 Å². The Labute approximate surface area is 125 Å². The second-order valence-electron chi connectivity index (χ2n) is 4.62.